The van der Waals surface area contributed by atoms with E-state index in [0.29, 0.717) is 18.4 Å². The molecule has 0 amide bonds. The molecule has 1 saturated carbocycles. The second kappa shape index (κ2) is 8.41. The van der Waals surface area contributed by atoms with Crippen LogP contribution in [0.25, 0.3) is 4.98 Å². The van der Waals surface area contributed by atoms with Crippen LogP contribution >= 0.6 is 0 Å². The zero-order valence-corrected chi connectivity index (χ0v) is 20.7. The zero-order valence-electron chi connectivity index (χ0n) is 19.9. The summed E-state index contributed by atoms with van der Waals surface area (Å²) in [5, 5.41) is 18.7. The minimum absolute atomic E-state index is 0.0227. The highest BCUT2D eigenvalue weighted by atomic mass is 32.2. The predicted molar refractivity (Wildman–Crippen MR) is 130 cm³/mol. The Morgan fingerprint density at radius 2 is 1.94 bits per heavy atom. The molecule has 4 rings (SSSR count). The highest BCUT2D eigenvalue weighted by Crippen LogP contribution is 2.57. The van der Waals surface area contributed by atoms with Crippen molar-refractivity contribution in [3.63, 3.8) is 0 Å². The van der Waals surface area contributed by atoms with Crippen LogP contribution in [0, 0.1) is 16.7 Å². The van der Waals surface area contributed by atoms with Gasteiger partial charge in [0, 0.05) is 6.54 Å². The van der Waals surface area contributed by atoms with Crippen LogP contribution in [0.2, 0.25) is 0 Å². The summed E-state index contributed by atoms with van der Waals surface area (Å²) in [4.78, 5) is 2.94. The lowest BCUT2D eigenvalue weighted by Crippen LogP contribution is -2.53. The summed E-state index contributed by atoms with van der Waals surface area (Å²) in [6, 6.07) is 10.7. The fourth-order valence-electron chi connectivity index (χ4n) is 6.31. The van der Waals surface area contributed by atoms with Crippen molar-refractivity contribution in [1.29, 1.82) is 5.39 Å². The van der Waals surface area contributed by atoms with Crippen molar-refractivity contribution < 1.29 is 13.5 Å². The normalized spacial score (nSPS) is 27.0. The van der Waals surface area contributed by atoms with Crippen LogP contribution in [0.4, 0.5) is 5.69 Å². The maximum atomic E-state index is 13.0. The Labute approximate surface area is 197 Å². The summed E-state index contributed by atoms with van der Waals surface area (Å²) in [7, 11) is -3.81. The molecule has 176 valence electrons. The van der Waals surface area contributed by atoms with Gasteiger partial charge in [-0.3, -0.25) is 0 Å². The Morgan fingerprint density at radius 1 is 1.18 bits per heavy atom. The van der Waals surface area contributed by atoms with Crippen LogP contribution in [-0.4, -0.2) is 20.1 Å². The van der Waals surface area contributed by atoms with E-state index in [0.717, 1.165) is 32.1 Å². The molecule has 6 nitrogen and oxygen atoms in total. The first-order valence-electron chi connectivity index (χ1n) is 11.8. The molecule has 0 radical (unpaired) electrons. The van der Waals surface area contributed by atoms with Gasteiger partial charge in [0.05, 0.1) is 11.0 Å². The van der Waals surface area contributed by atoms with Crippen LogP contribution in [0.5, 0.6) is 5.75 Å². The molecular formula is C26H34N3O3S+. The molecule has 1 fully saturated rings. The summed E-state index contributed by atoms with van der Waals surface area (Å²) in [6.45, 7) is 9.39. The Kier molecular flexibility index (Phi) is 6.05. The van der Waals surface area contributed by atoms with Gasteiger partial charge in [0.1, 0.15) is 0 Å². The van der Waals surface area contributed by atoms with E-state index in [1.54, 1.807) is 0 Å². The Balaban J connectivity index is 1.60. The fourth-order valence-corrected chi connectivity index (χ4v) is 7.51. The van der Waals surface area contributed by atoms with Gasteiger partial charge in [0.2, 0.25) is 21.2 Å². The number of diazo groups is 1. The number of hydrogen-bond donors (Lipinski definition) is 2. The van der Waals surface area contributed by atoms with Gasteiger partial charge in [-0.2, -0.15) is 0 Å². The number of sulfonamides is 1. The molecule has 0 saturated heterocycles. The number of phenols is 1. The first-order chi connectivity index (χ1) is 15.5. The van der Waals surface area contributed by atoms with Crippen molar-refractivity contribution >= 4 is 15.7 Å². The van der Waals surface area contributed by atoms with Crippen molar-refractivity contribution in [3.8, 4) is 5.75 Å². The molecule has 3 atom stereocenters. The monoisotopic (exact) mass is 468 g/mol. The van der Waals surface area contributed by atoms with Crippen molar-refractivity contribution in [2.24, 2.45) is 11.3 Å². The molecule has 2 aromatic rings. The third kappa shape index (κ3) is 4.15. The standard InChI is InChI=1S/C26H33N3O3S/c1-17(2)18-6-9-21-19(14-18)7-11-24-25(3,12-5-13-26(21,24)4)16-28-33(31,32)20-8-10-23(30)22(15-20)29-27/h6,8-10,14-15,17,24,28H,5,7,11-13,16H2,1-4H3/p+1/t24-,25+,26+/m0/s1. The van der Waals surface area contributed by atoms with Crippen molar-refractivity contribution in [3.05, 3.63) is 58.1 Å². The van der Waals surface area contributed by atoms with Gasteiger partial charge in [-0.15, -0.1) is 0 Å². The van der Waals surface area contributed by atoms with Gasteiger partial charge >= 0.3 is 5.69 Å². The van der Waals surface area contributed by atoms with Crippen LogP contribution in [0.3, 0.4) is 0 Å². The van der Waals surface area contributed by atoms with Crippen molar-refractivity contribution in [2.75, 3.05) is 6.54 Å². The highest BCUT2D eigenvalue weighted by Gasteiger charge is 2.51. The maximum Gasteiger partial charge on any atom is 0.427 e. The highest BCUT2D eigenvalue weighted by molar-refractivity contribution is 7.89. The molecular weight excluding hydrogens is 434 g/mol. The summed E-state index contributed by atoms with van der Waals surface area (Å²) < 4.78 is 28.9. The third-order valence-corrected chi connectivity index (χ3v) is 9.60. The van der Waals surface area contributed by atoms with E-state index in [1.165, 1.54) is 34.9 Å². The molecule has 33 heavy (non-hydrogen) atoms. The maximum absolute atomic E-state index is 13.0. The first kappa shape index (κ1) is 23.7. The van der Waals surface area contributed by atoms with Gasteiger partial charge in [0.15, 0.2) is 4.98 Å². The molecule has 0 spiro atoms. The van der Waals surface area contributed by atoms with Gasteiger partial charge < -0.3 is 5.11 Å². The van der Waals surface area contributed by atoms with Crippen LogP contribution < -0.4 is 4.72 Å². The lowest BCUT2D eigenvalue weighted by atomic mass is 9.50. The molecule has 2 aromatic carbocycles. The smallest absolute Gasteiger partial charge is 0.427 e. The molecule has 0 unspecified atom stereocenters. The number of phenolic OH excluding ortho intramolecular Hbond substituents is 1. The lowest BCUT2D eigenvalue weighted by molar-refractivity contribution is 0.0299. The minimum atomic E-state index is -3.81. The number of nitrogens with one attached hydrogen (secondary N) is 1. The van der Waals surface area contributed by atoms with Crippen LogP contribution in [-0.2, 0) is 21.9 Å². The van der Waals surface area contributed by atoms with E-state index in [2.05, 4.69) is 55.6 Å². The van der Waals surface area contributed by atoms with E-state index in [1.807, 2.05) is 0 Å². The molecule has 0 aliphatic heterocycles. The molecule has 0 heterocycles. The Hall–Kier alpha value is -2.43. The minimum Gasteiger partial charge on any atom is -0.501 e. The number of aryl methyl sites for hydroxylation is 1. The number of fused-ring (bicyclic) bond motifs is 3. The van der Waals surface area contributed by atoms with E-state index in [-0.39, 0.29) is 27.2 Å². The Morgan fingerprint density at radius 3 is 2.64 bits per heavy atom. The average molecular weight is 469 g/mol. The predicted octanol–water partition coefficient (Wildman–Crippen LogP) is 5.99. The van der Waals surface area contributed by atoms with E-state index >= 15 is 0 Å². The van der Waals surface area contributed by atoms with Gasteiger partial charge in [-0.05, 0) is 77.2 Å². The number of benzene rings is 2. The molecule has 2 N–H and O–H groups in total. The summed E-state index contributed by atoms with van der Waals surface area (Å²) in [5.41, 5.74) is 3.96. The average Bonchev–Trinajstić information content (AvgIpc) is 2.77. The summed E-state index contributed by atoms with van der Waals surface area (Å²) in [5.74, 6) is 0.612. The van der Waals surface area contributed by atoms with Crippen LogP contribution in [0.15, 0.2) is 41.3 Å². The second-order valence-corrected chi connectivity index (χ2v) is 12.4. The molecule has 0 bridgehead atoms. The summed E-state index contributed by atoms with van der Waals surface area (Å²) in [6.07, 6.45) is 5.23. The second-order valence-electron chi connectivity index (χ2n) is 10.7. The third-order valence-electron chi connectivity index (χ3n) is 8.20. The quantitative estimate of drug-likeness (QED) is 0.527. The first-order valence-corrected chi connectivity index (χ1v) is 13.3. The largest absolute Gasteiger partial charge is 0.501 e. The van der Waals surface area contributed by atoms with Gasteiger partial charge in [-0.1, -0.05) is 52.3 Å². The van der Waals surface area contributed by atoms with Gasteiger partial charge in [0.25, 0.3) is 0 Å². The molecule has 0 aromatic heterocycles. The zero-order chi connectivity index (χ0) is 24.0. The van der Waals surface area contributed by atoms with Gasteiger partial charge in [-0.25, -0.2) is 13.1 Å². The molecule has 7 heteroatoms. The fraction of sp³-hybridized carbons (Fsp3) is 0.538. The van der Waals surface area contributed by atoms with E-state index in [4.69, 9.17) is 5.39 Å². The van der Waals surface area contributed by atoms with E-state index < -0.39 is 10.0 Å². The Bertz CT molecular complexity index is 1220. The number of aromatic hydroxyl groups is 1. The topological polar surface area (TPSA) is 94.6 Å². The van der Waals surface area contributed by atoms with Crippen LogP contribution in [0.1, 0.15) is 76.0 Å². The van der Waals surface area contributed by atoms with Crippen molar-refractivity contribution in [1.82, 2.24) is 4.72 Å². The number of rotatable bonds is 5. The SMILES string of the molecule is CC(C)c1ccc2c(c1)CC[C@H]1[C@@](C)(CNS(=O)(=O)c3ccc(O)c([N+]#N)c3)CCC[C@]21C. The number of hydrogen-bond acceptors (Lipinski definition) is 4. The van der Waals surface area contributed by atoms with Crippen molar-refractivity contribution in [2.45, 2.75) is 76.0 Å². The molecule has 2 aliphatic rings. The number of nitrogens with zero attached hydrogens (tertiary/aromatic N) is 2. The molecule has 2 aliphatic carbocycles. The lowest BCUT2D eigenvalue weighted by Gasteiger charge is -2.55. The summed E-state index contributed by atoms with van der Waals surface area (Å²) >= 11 is 0. The van der Waals surface area contributed by atoms with E-state index in [9.17, 15) is 13.5 Å².